The summed E-state index contributed by atoms with van der Waals surface area (Å²) in [5, 5.41) is 0.0850. The lowest BCUT2D eigenvalue weighted by Crippen LogP contribution is -1.91. The maximum Gasteiger partial charge on any atom is 0.224 e. The highest BCUT2D eigenvalue weighted by Crippen LogP contribution is 2.23. The fraction of sp³-hybridized carbons (Fsp3) is 0. The largest absolute Gasteiger partial charge is 0.281 e. The predicted molar refractivity (Wildman–Crippen MR) is 75.8 cm³/mol. The third-order valence-corrected chi connectivity index (χ3v) is 3.68. The molecule has 80 valence electrons. The van der Waals surface area contributed by atoms with Gasteiger partial charge >= 0.3 is 0 Å². The van der Waals surface area contributed by atoms with Gasteiger partial charge in [-0.3, -0.25) is 4.79 Å². The minimum absolute atomic E-state index is 0.0850. The first kappa shape index (κ1) is 11.7. The zero-order valence-electron chi connectivity index (χ0n) is 8.39. The lowest BCUT2D eigenvalue weighted by Gasteiger charge is -2.00. The number of rotatable bonds is 2. The zero-order valence-corrected chi connectivity index (χ0v) is 11.4. The van der Waals surface area contributed by atoms with Crippen LogP contribution in [0.25, 0.3) is 0 Å². The number of thioether (sulfide) groups is 1. The minimum atomic E-state index is 0.0850. The topological polar surface area (TPSA) is 17.1 Å². The summed E-state index contributed by atoms with van der Waals surface area (Å²) in [6.45, 7) is 0. The number of hydrogen-bond acceptors (Lipinski definition) is 2. The molecule has 0 N–H and O–H groups in total. The van der Waals surface area contributed by atoms with E-state index in [9.17, 15) is 4.79 Å². The van der Waals surface area contributed by atoms with Crippen molar-refractivity contribution in [1.82, 2.24) is 0 Å². The van der Waals surface area contributed by atoms with E-state index in [1.165, 1.54) is 15.3 Å². The van der Waals surface area contributed by atoms with E-state index >= 15 is 0 Å². The second-order valence-corrected chi connectivity index (χ2v) is 5.50. The Kier molecular flexibility index (Phi) is 4.01. The summed E-state index contributed by atoms with van der Waals surface area (Å²) < 4.78 is 1.18. The van der Waals surface area contributed by atoms with Gasteiger partial charge in [0.1, 0.15) is 0 Å². The summed E-state index contributed by atoms with van der Waals surface area (Å²) >= 11 is 3.51. The molecule has 0 unspecified atom stereocenters. The van der Waals surface area contributed by atoms with Gasteiger partial charge in [0.25, 0.3) is 0 Å². The van der Waals surface area contributed by atoms with Gasteiger partial charge in [-0.05, 0) is 58.6 Å². The van der Waals surface area contributed by atoms with Gasteiger partial charge in [-0.25, -0.2) is 0 Å². The van der Waals surface area contributed by atoms with Crippen LogP contribution in [0.3, 0.4) is 0 Å². The fourth-order valence-corrected chi connectivity index (χ4v) is 2.34. The van der Waals surface area contributed by atoms with Crippen molar-refractivity contribution in [3.05, 3.63) is 63.7 Å². The second-order valence-electron chi connectivity index (χ2n) is 3.21. The van der Waals surface area contributed by atoms with E-state index in [0.717, 1.165) is 10.5 Å². The Bertz CT molecular complexity index is 479. The quantitative estimate of drug-likeness (QED) is 0.601. The summed E-state index contributed by atoms with van der Waals surface area (Å²) in [6, 6.07) is 17.3. The summed E-state index contributed by atoms with van der Waals surface area (Å²) in [7, 11) is 0. The Hall–Kier alpha value is -0.810. The maximum atomic E-state index is 11.9. The van der Waals surface area contributed by atoms with Crippen LogP contribution in [0.5, 0.6) is 0 Å². The third-order valence-electron chi connectivity index (χ3n) is 2.03. The molecule has 0 fully saturated rings. The summed E-state index contributed by atoms with van der Waals surface area (Å²) in [5.74, 6) is 0. The van der Waals surface area contributed by atoms with Crippen molar-refractivity contribution in [2.24, 2.45) is 0 Å². The second kappa shape index (κ2) is 5.50. The molecule has 0 radical (unpaired) electrons. The molecule has 0 saturated heterocycles. The Morgan fingerprint density at radius 3 is 2.19 bits per heavy atom. The van der Waals surface area contributed by atoms with Gasteiger partial charge < -0.3 is 0 Å². The fourth-order valence-electron chi connectivity index (χ4n) is 1.24. The first-order chi connectivity index (χ1) is 7.75. The van der Waals surface area contributed by atoms with Gasteiger partial charge in [0.2, 0.25) is 5.12 Å². The predicted octanol–water partition coefficient (Wildman–Crippen LogP) is 4.22. The van der Waals surface area contributed by atoms with E-state index in [1.54, 1.807) is 0 Å². The van der Waals surface area contributed by atoms with Gasteiger partial charge in [0.15, 0.2) is 0 Å². The molecule has 0 atom stereocenters. The van der Waals surface area contributed by atoms with Crippen molar-refractivity contribution in [2.45, 2.75) is 4.90 Å². The van der Waals surface area contributed by atoms with Gasteiger partial charge in [0.05, 0.1) is 0 Å². The van der Waals surface area contributed by atoms with Crippen molar-refractivity contribution >= 4 is 39.5 Å². The van der Waals surface area contributed by atoms with Crippen LogP contribution >= 0.6 is 34.4 Å². The van der Waals surface area contributed by atoms with Gasteiger partial charge in [0, 0.05) is 14.0 Å². The summed E-state index contributed by atoms with van der Waals surface area (Å²) in [6.07, 6.45) is 0. The number of halogens is 1. The van der Waals surface area contributed by atoms with E-state index in [0.29, 0.717) is 0 Å². The Labute approximate surface area is 112 Å². The highest BCUT2D eigenvalue weighted by atomic mass is 127. The molecule has 3 heteroatoms. The van der Waals surface area contributed by atoms with Gasteiger partial charge in [-0.1, -0.05) is 30.3 Å². The summed E-state index contributed by atoms with van der Waals surface area (Å²) in [5.41, 5.74) is 0.742. The van der Waals surface area contributed by atoms with Crippen LogP contribution < -0.4 is 0 Å². The average molecular weight is 340 g/mol. The molecule has 0 heterocycles. The van der Waals surface area contributed by atoms with E-state index < -0.39 is 0 Å². The van der Waals surface area contributed by atoms with Crippen molar-refractivity contribution < 1.29 is 4.79 Å². The van der Waals surface area contributed by atoms with Crippen molar-refractivity contribution in [3.63, 3.8) is 0 Å². The standard InChI is InChI=1S/C13H9IOS/c14-11-6-8-12(9-7-11)16-13(15)10-4-2-1-3-5-10/h1-9H. The number of benzene rings is 2. The molecule has 0 amide bonds. The molecule has 2 aromatic carbocycles. The minimum Gasteiger partial charge on any atom is -0.281 e. The normalized spacial score (nSPS) is 10.1. The third kappa shape index (κ3) is 3.09. The van der Waals surface area contributed by atoms with Gasteiger partial charge in [-0.2, -0.15) is 0 Å². The monoisotopic (exact) mass is 340 g/mol. The molecule has 0 aromatic heterocycles. The molecule has 2 aromatic rings. The number of hydrogen-bond donors (Lipinski definition) is 0. The molecule has 16 heavy (non-hydrogen) atoms. The van der Waals surface area contributed by atoms with Crippen LogP contribution in [0, 0.1) is 3.57 Å². The zero-order chi connectivity index (χ0) is 11.4. The molecule has 1 nitrogen and oxygen atoms in total. The first-order valence-electron chi connectivity index (χ1n) is 4.78. The maximum absolute atomic E-state index is 11.9. The molecule has 0 spiro atoms. The molecule has 0 aliphatic carbocycles. The first-order valence-corrected chi connectivity index (χ1v) is 6.68. The van der Waals surface area contributed by atoms with Crippen LogP contribution in [0.15, 0.2) is 59.5 Å². The Morgan fingerprint density at radius 1 is 0.938 bits per heavy atom. The van der Waals surface area contributed by atoms with Crippen LogP contribution in [0.4, 0.5) is 0 Å². The highest BCUT2D eigenvalue weighted by molar-refractivity contribution is 14.1. The molecular weight excluding hydrogens is 331 g/mol. The van der Waals surface area contributed by atoms with E-state index in [-0.39, 0.29) is 5.12 Å². The smallest absolute Gasteiger partial charge is 0.224 e. The van der Waals surface area contributed by atoms with Crippen molar-refractivity contribution in [1.29, 1.82) is 0 Å². The van der Waals surface area contributed by atoms with Crippen LogP contribution in [0.1, 0.15) is 10.4 Å². The molecule has 0 saturated carbocycles. The van der Waals surface area contributed by atoms with Crippen molar-refractivity contribution in [2.75, 3.05) is 0 Å². The lowest BCUT2D eigenvalue weighted by molar-refractivity contribution is 0.108. The summed E-state index contributed by atoms with van der Waals surface area (Å²) in [4.78, 5) is 12.8. The highest BCUT2D eigenvalue weighted by Gasteiger charge is 2.06. The van der Waals surface area contributed by atoms with Gasteiger partial charge in [-0.15, -0.1) is 0 Å². The van der Waals surface area contributed by atoms with Crippen LogP contribution in [-0.4, -0.2) is 5.12 Å². The van der Waals surface area contributed by atoms with E-state index in [1.807, 2.05) is 54.6 Å². The number of carbonyl (C=O) groups excluding carboxylic acids is 1. The van der Waals surface area contributed by atoms with Crippen LogP contribution in [-0.2, 0) is 0 Å². The lowest BCUT2D eigenvalue weighted by atomic mass is 10.2. The Morgan fingerprint density at radius 2 is 1.56 bits per heavy atom. The average Bonchev–Trinajstić information content (AvgIpc) is 2.33. The van der Waals surface area contributed by atoms with E-state index in [2.05, 4.69) is 22.6 Å². The van der Waals surface area contributed by atoms with E-state index in [4.69, 9.17) is 0 Å². The molecule has 2 rings (SSSR count). The molecular formula is C13H9IOS. The Balaban J connectivity index is 2.11. The molecule has 0 aliphatic heterocycles. The van der Waals surface area contributed by atoms with Crippen LogP contribution in [0.2, 0.25) is 0 Å². The SMILES string of the molecule is O=C(Sc1ccc(I)cc1)c1ccccc1. The molecule has 0 aliphatic rings. The number of carbonyl (C=O) groups is 1. The molecule has 0 bridgehead atoms. The van der Waals surface area contributed by atoms with Crippen molar-refractivity contribution in [3.8, 4) is 0 Å².